The predicted molar refractivity (Wildman–Crippen MR) is 242 cm³/mol. The molecule has 0 radical (unpaired) electrons. The number of hydrogen-bond donors (Lipinski definition) is 11. The Hall–Kier alpha value is -5.97. The zero-order chi connectivity index (χ0) is 49.7. The molecule has 1 aliphatic rings. The van der Waals surface area contributed by atoms with Crippen LogP contribution in [-0.4, -0.2) is 147 Å². The lowest BCUT2D eigenvalue weighted by molar-refractivity contribution is -0.142. The first-order valence-corrected chi connectivity index (χ1v) is 23.3. The number of nitrogens with one attached hydrogen (secondary N) is 6. The SMILES string of the molecule is CC[C@H](C)[C@H](NC(=O)[C@H](Cc1ccc(O)cc1)NC(=O)[C@@H]1CCCN1C(=O)[C@@H](N)CC(C)C)C(=O)N[C@@H](CCC(=O)O)C(=O)N[C@@H](CCC(N)=O)C(=O)NCC(=O)N[C@@H](CCSC)C(=O)O. The number of primary amides is 1. The minimum Gasteiger partial charge on any atom is -0.508 e. The van der Waals surface area contributed by atoms with Gasteiger partial charge in [-0.2, -0.15) is 11.8 Å². The van der Waals surface area contributed by atoms with E-state index in [4.69, 9.17) is 11.5 Å². The molecule has 1 aromatic carbocycles. The minimum atomic E-state index is -1.63. The van der Waals surface area contributed by atoms with Crippen molar-refractivity contribution in [1.82, 2.24) is 36.8 Å². The van der Waals surface area contributed by atoms with Gasteiger partial charge >= 0.3 is 11.9 Å². The molecule has 23 heteroatoms. The number of phenolic OH excluding ortho intramolecular Hbond substituents is 1. The molecule has 0 aromatic heterocycles. The second kappa shape index (κ2) is 28.2. The Kier molecular flexibility index (Phi) is 24.0. The van der Waals surface area contributed by atoms with Crippen LogP contribution in [0.4, 0.5) is 0 Å². The summed E-state index contributed by atoms with van der Waals surface area (Å²) in [6.45, 7) is 6.77. The fourth-order valence-electron chi connectivity index (χ4n) is 7.08. The van der Waals surface area contributed by atoms with Gasteiger partial charge in [-0.05, 0) is 80.1 Å². The van der Waals surface area contributed by atoms with Crippen LogP contribution >= 0.6 is 11.8 Å². The zero-order valence-electron chi connectivity index (χ0n) is 38.1. The van der Waals surface area contributed by atoms with Gasteiger partial charge in [-0.1, -0.05) is 46.2 Å². The molecule has 8 atom stereocenters. The maximum atomic E-state index is 14.2. The van der Waals surface area contributed by atoms with Crippen molar-refractivity contribution in [3.8, 4) is 5.75 Å². The highest BCUT2D eigenvalue weighted by molar-refractivity contribution is 7.98. The number of aromatic hydroxyl groups is 1. The maximum absolute atomic E-state index is 14.2. The van der Waals surface area contributed by atoms with Gasteiger partial charge in [0.2, 0.25) is 47.3 Å². The number of thioether (sulfide) groups is 1. The second-order valence-corrected chi connectivity index (χ2v) is 17.7. The lowest BCUT2D eigenvalue weighted by Crippen LogP contribution is -2.61. The molecule has 22 nitrogen and oxygen atoms in total. The molecule has 13 N–H and O–H groups in total. The number of phenols is 1. The van der Waals surface area contributed by atoms with Crippen molar-refractivity contribution in [3.63, 3.8) is 0 Å². The van der Waals surface area contributed by atoms with Crippen molar-refractivity contribution in [2.45, 2.75) is 134 Å². The molecule has 1 aromatic rings. The normalized spacial score (nSPS) is 16.6. The van der Waals surface area contributed by atoms with Crippen LogP contribution < -0.4 is 43.4 Å². The largest absolute Gasteiger partial charge is 0.508 e. The summed E-state index contributed by atoms with van der Waals surface area (Å²) in [5, 5.41) is 43.6. The van der Waals surface area contributed by atoms with Crippen LogP contribution in [0.25, 0.3) is 0 Å². The minimum absolute atomic E-state index is 0.0490. The number of rotatable bonds is 29. The van der Waals surface area contributed by atoms with Crippen molar-refractivity contribution in [3.05, 3.63) is 29.8 Å². The van der Waals surface area contributed by atoms with Gasteiger partial charge in [0.1, 0.15) is 42.0 Å². The van der Waals surface area contributed by atoms with Gasteiger partial charge in [0.05, 0.1) is 12.6 Å². The molecule has 2 rings (SSSR count). The van der Waals surface area contributed by atoms with Crippen molar-refractivity contribution < 1.29 is 63.3 Å². The molecule has 1 aliphatic heterocycles. The van der Waals surface area contributed by atoms with Gasteiger partial charge in [-0.15, -0.1) is 0 Å². The number of aliphatic carboxylic acids is 2. The number of carboxylic acid groups (broad SMARTS) is 2. The van der Waals surface area contributed by atoms with Crippen LogP contribution in [0.3, 0.4) is 0 Å². The highest BCUT2D eigenvalue weighted by Gasteiger charge is 2.39. The molecule has 8 amide bonds. The first-order valence-electron chi connectivity index (χ1n) is 21.9. The lowest BCUT2D eigenvalue weighted by Gasteiger charge is -2.30. The van der Waals surface area contributed by atoms with Gasteiger partial charge in [-0.3, -0.25) is 43.2 Å². The van der Waals surface area contributed by atoms with Crippen molar-refractivity contribution in [2.75, 3.05) is 25.1 Å². The lowest BCUT2D eigenvalue weighted by atomic mass is 9.96. The van der Waals surface area contributed by atoms with Crippen LogP contribution in [-0.2, 0) is 54.4 Å². The zero-order valence-corrected chi connectivity index (χ0v) is 38.9. The third-order valence-corrected chi connectivity index (χ3v) is 11.6. The summed E-state index contributed by atoms with van der Waals surface area (Å²) in [5.74, 6) is -9.25. The van der Waals surface area contributed by atoms with E-state index >= 15 is 0 Å². The van der Waals surface area contributed by atoms with Crippen LogP contribution in [0.1, 0.15) is 91.0 Å². The summed E-state index contributed by atoms with van der Waals surface area (Å²) < 4.78 is 0. The van der Waals surface area contributed by atoms with E-state index in [2.05, 4.69) is 31.9 Å². The number of hydrogen-bond acceptors (Lipinski definition) is 13. The Morgan fingerprint density at radius 1 is 0.788 bits per heavy atom. The van der Waals surface area contributed by atoms with E-state index in [1.807, 2.05) is 13.8 Å². The van der Waals surface area contributed by atoms with Gasteiger partial charge in [0.25, 0.3) is 0 Å². The monoisotopic (exact) mass is 949 g/mol. The summed E-state index contributed by atoms with van der Waals surface area (Å²) in [7, 11) is 0. The number of benzene rings is 1. The molecular formula is C43H67N9O13S. The van der Waals surface area contributed by atoms with Crippen molar-refractivity contribution >= 4 is 71.0 Å². The number of carbonyl (C=O) groups is 10. The van der Waals surface area contributed by atoms with Crippen LogP contribution in [0.15, 0.2) is 24.3 Å². The van der Waals surface area contributed by atoms with E-state index in [9.17, 15) is 63.3 Å². The number of carbonyl (C=O) groups excluding carboxylic acids is 8. The maximum Gasteiger partial charge on any atom is 0.326 e. The molecule has 1 heterocycles. The summed E-state index contributed by atoms with van der Waals surface area (Å²) in [6, 6.07) is -3.02. The number of amides is 8. The van der Waals surface area contributed by atoms with Gasteiger partial charge in [0.15, 0.2) is 0 Å². The fourth-order valence-corrected chi connectivity index (χ4v) is 7.55. The molecule has 1 saturated heterocycles. The van der Waals surface area contributed by atoms with Gasteiger partial charge in [0, 0.05) is 25.8 Å². The second-order valence-electron chi connectivity index (χ2n) is 16.7. The summed E-state index contributed by atoms with van der Waals surface area (Å²) >= 11 is 1.36. The van der Waals surface area contributed by atoms with Crippen LogP contribution in [0.2, 0.25) is 0 Å². The smallest absolute Gasteiger partial charge is 0.326 e. The molecule has 0 bridgehead atoms. The Balaban J connectivity index is 2.37. The Labute approximate surface area is 388 Å². The van der Waals surface area contributed by atoms with E-state index in [0.717, 1.165) is 0 Å². The van der Waals surface area contributed by atoms with E-state index in [0.29, 0.717) is 37.0 Å². The van der Waals surface area contributed by atoms with E-state index in [1.54, 1.807) is 20.1 Å². The predicted octanol–water partition coefficient (Wildman–Crippen LogP) is -1.15. The molecular weight excluding hydrogens is 883 g/mol. The third kappa shape index (κ3) is 19.2. The molecule has 0 spiro atoms. The van der Waals surface area contributed by atoms with Crippen LogP contribution in [0.5, 0.6) is 5.75 Å². The Morgan fingerprint density at radius 3 is 1.97 bits per heavy atom. The fraction of sp³-hybridized carbons (Fsp3) is 0.628. The number of likely N-dealkylation sites (tertiary alicyclic amines) is 1. The number of nitrogens with zero attached hydrogens (tertiary/aromatic N) is 1. The number of carboxylic acids is 2. The first kappa shape index (κ1) is 56.2. The van der Waals surface area contributed by atoms with Crippen molar-refractivity contribution in [2.24, 2.45) is 23.3 Å². The first-order chi connectivity index (χ1) is 31.1. The third-order valence-electron chi connectivity index (χ3n) is 10.9. The van der Waals surface area contributed by atoms with Crippen LogP contribution in [0, 0.1) is 11.8 Å². The summed E-state index contributed by atoms with van der Waals surface area (Å²) in [4.78, 5) is 131. The average molecular weight is 950 g/mol. The highest BCUT2D eigenvalue weighted by atomic mass is 32.2. The Morgan fingerprint density at radius 2 is 1.39 bits per heavy atom. The molecule has 0 unspecified atom stereocenters. The molecule has 0 saturated carbocycles. The van der Waals surface area contributed by atoms with Gasteiger partial charge < -0.3 is 63.6 Å². The van der Waals surface area contributed by atoms with Gasteiger partial charge in [-0.25, -0.2) is 4.79 Å². The van der Waals surface area contributed by atoms with E-state index in [1.165, 1.54) is 40.9 Å². The van der Waals surface area contributed by atoms with Crippen molar-refractivity contribution in [1.29, 1.82) is 0 Å². The topological polar surface area (TPSA) is 359 Å². The Bertz CT molecular complexity index is 1870. The molecule has 1 fully saturated rings. The average Bonchev–Trinajstić information content (AvgIpc) is 3.75. The highest BCUT2D eigenvalue weighted by Crippen LogP contribution is 2.21. The molecule has 0 aliphatic carbocycles. The molecule has 368 valence electrons. The standard InChI is InChI=1S/C43H67N9O13S/c1-6-24(4)36(51-39(60)31(21-25-9-11-26(53)12-10-25)50-40(61)32-8-7-18-52(32)42(63)27(44)20-23(2)3)41(62)49-29(14-16-35(56)57)38(59)48-28(13-15-33(45)54)37(58)46-22-34(55)47-30(43(64)65)17-19-66-5/h9-12,23-24,27-32,36,53H,6-8,13-22,44H2,1-5H3,(H2,45,54)(H,46,58)(H,47,55)(H,48,59)(H,49,62)(H,50,61)(H,51,60)(H,56,57)(H,64,65)/t24-,27-,28-,29-,30-,31-,32-,36-/m0/s1. The molecule has 66 heavy (non-hydrogen) atoms. The summed E-state index contributed by atoms with van der Waals surface area (Å²) in [5.41, 5.74) is 12.0. The summed E-state index contributed by atoms with van der Waals surface area (Å²) in [6.07, 6.45) is 1.35. The number of nitrogens with two attached hydrogens (primary N) is 2. The quantitative estimate of drug-likeness (QED) is 0.0452. The van der Waals surface area contributed by atoms with E-state index in [-0.39, 0.29) is 37.5 Å². The van der Waals surface area contributed by atoms with E-state index < -0.39 is 133 Å².